The van der Waals surface area contributed by atoms with Gasteiger partial charge in [-0.3, -0.25) is 4.79 Å². The lowest BCUT2D eigenvalue weighted by atomic mass is 9.99. The Morgan fingerprint density at radius 2 is 2.11 bits per heavy atom. The first-order valence-corrected chi connectivity index (χ1v) is 5.64. The first kappa shape index (κ1) is 12.9. The van der Waals surface area contributed by atoms with Gasteiger partial charge in [-0.15, -0.1) is 0 Å². The van der Waals surface area contributed by atoms with E-state index in [0.717, 1.165) is 31.2 Å². The maximum Gasteiger partial charge on any atom is 0.416 e. The number of nitrogens with one attached hydrogen (secondary N) is 1. The van der Waals surface area contributed by atoms with E-state index in [4.69, 9.17) is 5.73 Å². The van der Waals surface area contributed by atoms with Gasteiger partial charge in [0.1, 0.15) is 0 Å². The summed E-state index contributed by atoms with van der Waals surface area (Å²) in [7, 11) is 0. The van der Waals surface area contributed by atoms with Gasteiger partial charge in [0.25, 0.3) is 0 Å². The highest BCUT2D eigenvalue weighted by molar-refractivity contribution is 6.04. The molecule has 0 bridgehead atoms. The normalized spacial score (nSPS) is 20.1. The molecule has 0 radical (unpaired) electrons. The Labute approximate surface area is 102 Å². The van der Waals surface area contributed by atoms with Crippen molar-refractivity contribution in [3.8, 4) is 0 Å². The van der Waals surface area contributed by atoms with Crippen molar-refractivity contribution in [1.82, 2.24) is 5.32 Å². The summed E-state index contributed by atoms with van der Waals surface area (Å²) in [4.78, 5) is 12.0. The maximum atomic E-state index is 12.4. The van der Waals surface area contributed by atoms with Crippen LogP contribution in [0.4, 0.5) is 18.9 Å². The van der Waals surface area contributed by atoms with Gasteiger partial charge >= 0.3 is 6.18 Å². The van der Waals surface area contributed by atoms with Crippen molar-refractivity contribution in [1.29, 1.82) is 0 Å². The molecule has 0 aromatic heterocycles. The van der Waals surface area contributed by atoms with Crippen LogP contribution in [-0.4, -0.2) is 18.4 Å². The number of carbonyl (C=O) groups excluding carboxylic acids is 1. The molecule has 1 aromatic carbocycles. The summed E-state index contributed by atoms with van der Waals surface area (Å²) in [6.45, 7) is 0.747. The molecule has 1 aliphatic heterocycles. The highest BCUT2D eigenvalue weighted by atomic mass is 19.4. The van der Waals surface area contributed by atoms with Gasteiger partial charge in [0.2, 0.25) is 0 Å². The molecule has 0 amide bonds. The second-order valence-electron chi connectivity index (χ2n) is 4.31. The van der Waals surface area contributed by atoms with E-state index in [0.29, 0.717) is 6.42 Å². The molecule has 0 spiro atoms. The van der Waals surface area contributed by atoms with E-state index >= 15 is 0 Å². The van der Waals surface area contributed by atoms with Crippen LogP contribution in [0, 0.1) is 0 Å². The summed E-state index contributed by atoms with van der Waals surface area (Å²) in [5.41, 5.74) is 4.73. The number of nitrogens with two attached hydrogens (primary N) is 1. The molecule has 1 saturated heterocycles. The molecular formula is C12H13F3N2O. The van der Waals surface area contributed by atoms with Gasteiger partial charge < -0.3 is 11.1 Å². The van der Waals surface area contributed by atoms with Crippen LogP contribution in [0.5, 0.6) is 0 Å². The number of anilines is 1. The zero-order valence-corrected chi connectivity index (χ0v) is 9.55. The van der Waals surface area contributed by atoms with Crippen molar-refractivity contribution in [2.75, 3.05) is 12.3 Å². The van der Waals surface area contributed by atoms with E-state index in [1.54, 1.807) is 0 Å². The van der Waals surface area contributed by atoms with Crippen molar-refractivity contribution < 1.29 is 18.0 Å². The van der Waals surface area contributed by atoms with E-state index in [2.05, 4.69) is 5.32 Å². The largest absolute Gasteiger partial charge is 0.416 e. The fraction of sp³-hybridized carbons (Fsp3) is 0.417. The van der Waals surface area contributed by atoms with E-state index in [-0.39, 0.29) is 23.1 Å². The standard InChI is InChI=1S/C12H13F3N2O/c13-12(14,15)7-3-4-8(9(16)6-7)11(18)10-2-1-5-17-10/h3-4,6,10,17H,1-2,5,16H2. The van der Waals surface area contributed by atoms with E-state index in [1.165, 1.54) is 0 Å². The van der Waals surface area contributed by atoms with Crippen molar-refractivity contribution in [3.63, 3.8) is 0 Å². The number of Topliss-reactive ketones (excluding diaryl/α,β-unsaturated/α-hetero) is 1. The summed E-state index contributed by atoms with van der Waals surface area (Å²) >= 11 is 0. The van der Waals surface area contributed by atoms with Crippen LogP contribution < -0.4 is 11.1 Å². The van der Waals surface area contributed by atoms with Gasteiger partial charge in [-0.25, -0.2) is 0 Å². The predicted molar refractivity (Wildman–Crippen MR) is 61.2 cm³/mol. The van der Waals surface area contributed by atoms with Gasteiger partial charge in [0.15, 0.2) is 5.78 Å². The Morgan fingerprint density at radius 1 is 1.39 bits per heavy atom. The lowest BCUT2D eigenvalue weighted by Crippen LogP contribution is -2.31. The number of nitrogen functional groups attached to an aromatic ring is 1. The monoisotopic (exact) mass is 258 g/mol. The summed E-state index contributed by atoms with van der Waals surface area (Å²) in [5, 5.41) is 3.00. The number of hydrogen-bond acceptors (Lipinski definition) is 3. The minimum absolute atomic E-state index is 0.122. The Bertz CT molecular complexity index is 465. The Hall–Kier alpha value is -1.56. The van der Waals surface area contributed by atoms with E-state index < -0.39 is 11.7 Å². The van der Waals surface area contributed by atoms with Crippen molar-refractivity contribution in [3.05, 3.63) is 29.3 Å². The molecule has 6 heteroatoms. The highest BCUT2D eigenvalue weighted by Gasteiger charge is 2.32. The minimum Gasteiger partial charge on any atom is -0.398 e. The summed E-state index contributed by atoms with van der Waals surface area (Å²) in [6, 6.07) is 2.52. The SMILES string of the molecule is Nc1cc(C(F)(F)F)ccc1C(=O)C1CCCN1. The Balaban J connectivity index is 2.27. The maximum absolute atomic E-state index is 12.4. The van der Waals surface area contributed by atoms with Crippen LogP contribution in [0.3, 0.4) is 0 Å². The quantitative estimate of drug-likeness (QED) is 0.631. The fourth-order valence-electron chi connectivity index (χ4n) is 2.06. The average Bonchev–Trinajstić information content (AvgIpc) is 2.80. The molecule has 0 saturated carbocycles. The topological polar surface area (TPSA) is 55.1 Å². The van der Waals surface area contributed by atoms with Gasteiger partial charge in [-0.2, -0.15) is 13.2 Å². The smallest absolute Gasteiger partial charge is 0.398 e. The zero-order chi connectivity index (χ0) is 13.3. The zero-order valence-electron chi connectivity index (χ0n) is 9.55. The third kappa shape index (κ3) is 2.48. The second kappa shape index (κ2) is 4.61. The van der Waals surface area contributed by atoms with Gasteiger partial charge in [-0.1, -0.05) is 0 Å². The van der Waals surface area contributed by atoms with Crippen LogP contribution in [0.25, 0.3) is 0 Å². The molecule has 2 rings (SSSR count). The van der Waals surface area contributed by atoms with E-state index in [1.807, 2.05) is 0 Å². The van der Waals surface area contributed by atoms with Crippen LogP contribution in [0.2, 0.25) is 0 Å². The first-order chi connectivity index (χ1) is 8.39. The molecule has 3 N–H and O–H groups in total. The lowest BCUT2D eigenvalue weighted by molar-refractivity contribution is -0.137. The lowest BCUT2D eigenvalue weighted by Gasteiger charge is -2.13. The number of carbonyl (C=O) groups is 1. The number of hydrogen-bond donors (Lipinski definition) is 2. The third-order valence-corrected chi connectivity index (χ3v) is 3.02. The molecule has 98 valence electrons. The molecule has 1 unspecified atom stereocenters. The highest BCUT2D eigenvalue weighted by Crippen LogP contribution is 2.31. The summed E-state index contributed by atoms with van der Waals surface area (Å²) in [6.07, 6.45) is -2.86. The number of ketones is 1. The van der Waals surface area contributed by atoms with Crippen molar-refractivity contribution >= 4 is 11.5 Å². The summed E-state index contributed by atoms with van der Waals surface area (Å²) in [5.74, 6) is -0.237. The molecule has 18 heavy (non-hydrogen) atoms. The van der Waals surface area contributed by atoms with Crippen LogP contribution in [-0.2, 0) is 6.18 Å². The second-order valence-corrected chi connectivity index (χ2v) is 4.31. The van der Waals surface area contributed by atoms with Crippen molar-refractivity contribution in [2.24, 2.45) is 0 Å². The Kier molecular flexibility index (Phi) is 3.30. The van der Waals surface area contributed by atoms with Gasteiger partial charge in [-0.05, 0) is 37.6 Å². The van der Waals surface area contributed by atoms with Gasteiger partial charge in [0, 0.05) is 11.3 Å². The number of alkyl halides is 3. The average molecular weight is 258 g/mol. The van der Waals surface area contributed by atoms with Crippen LogP contribution in [0.1, 0.15) is 28.8 Å². The molecule has 3 nitrogen and oxygen atoms in total. The van der Waals surface area contributed by atoms with Crippen LogP contribution in [0.15, 0.2) is 18.2 Å². The third-order valence-electron chi connectivity index (χ3n) is 3.02. The molecule has 1 aromatic rings. The molecule has 0 aliphatic carbocycles. The first-order valence-electron chi connectivity index (χ1n) is 5.64. The molecular weight excluding hydrogens is 245 g/mol. The fourth-order valence-corrected chi connectivity index (χ4v) is 2.06. The number of benzene rings is 1. The van der Waals surface area contributed by atoms with Crippen molar-refractivity contribution in [2.45, 2.75) is 25.1 Å². The molecule has 1 atom stereocenters. The summed E-state index contributed by atoms with van der Waals surface area (Å²) < 4.78 is 37.3. The molecule has 1 aliphatic rings. The molecule has 1 heterocycles. The predicted octanol–water partition coefficient (Wildman–Crippen LogP) is 2.22. The minimum atomic E-state index is -4.44. The van der Waals surface area contributed by atoms with Crippen LogP contribution >= 0.6 is 0 Å². The van der Waals surface area contributed by atoms with Gasteiger partial charge in [0.05, 0.1) is 11.6 Å². The Morgan fingerprint density at radius 3 is 2.61 bits per heavy atom. The molecule has 1 fully saturated rings. The number of halogens is 3. The number of rotatable bonds is 2. The van der Waals surface area contributed by atoms with E-state index in [9.17, 15) is 18.0 Å².